The Morgan fingerprint density at radius 1 is 1.44 bits per heavy atom. The summed E-state index contributed by atoms with van der Waals surface area (Å²) in [4.78, 5) is 14.0. The molecule has 0 aromatic rings. The van der Waals surface area contributed by atoms with Gasteiger partial charge in [0.25, 0.3) is 0 Å². The third kappa shape index (κ3) is 5.47. The van der Waals surface area contributed by atoms with Crippen LogP contribution in [0.25, 0.3) is 0 Å². The van der Waals surface area contributed by atoms with E-state index in [9.17, 15) is 4.79 Å². The molecule has 0 aromatic carbocycles. The first-order chi connectivity index (χ1) is 7.72. The van der Waals surface area contributed by atoms with Crippen LogP contribution in [0.5, 0.6) is 0 Å². The molecule has 0 radical (unpaired) electrons. The average molecular weight is 227 g/mol. The fourth-order valence-corrected chi connectivity index (χ4v) is 1.83. The molecule has 0 spiro atoms. The molecule has 1 atom stereocenters. The molecule has 1 rings (SSSR count). The Morgan fingerprint density at radius 3 is 3.00 bits per heavy atom. The summed E-state index contributed by atoms with van der Waals surface area (Å²) in [5.74, 6) is 0.187. The van der Waals surface area contributed by atoms with Crippen molar-refractivity contribution in [3.8, 4) is 0 Å². The molecule has 1 amide bonds. The quantitative estimate of drug-likeness (QED) is 0.722. The molecule has 0 saturated carbocycles. The molecule has 1 fully saturated rings. The highest BCUT2D eigenvalue weighted by Gasteiger charge is 2.11. The first kappa shape index (κ1) is 13.5. The minimum absolute atomic E-state index is 0.187. The van der Waals surface area contributed by atoms with E-state index in [1.807, 2.05) is 6.92 Å². The van der Waals surface area contributed by atoms with Crippen LogP contribution in [0.4, 0.5) is 0 Å². The van der Waals surface area contributed by atoms with E-state index in [4.69, 9.17) is 0 Å². The fraction of sp³-hybridized carbons (Fsp3) is 0.917. The Morgan fingerprint density at radius 2 is 2.25 bits per heavy atom. The van der Waals surface area contributed by atoms with Gasteiger partial charge in [0.2, 0.25) is 5.91 Å². The second kappa shape index (κ2) is 7.63. The lowest BCUT2D eigenvalue weighted by atomic mass is 10.2. The van der Waals surface area contributed by atoms with E-state index in [1.54, 1.807) is 0 Å². The highest BCUT2D eigenvalue weighted by atomic mass is 16.1. The molecular formula is C12H25N3O. The number of hydrogen-bond donors (Lipinski definition) is 2. The Kier molecular flexibility index (Phi) is 6.42. The van der Waals surface area contributed by atoms with Gasteiger partial charge in [-0.25, -0.2) is 0 Å². The van der Waals surface area contributed by atoms with Crippen molar-refractivity contribution in [2.75, 3.05) is 32.7 Å². The maximum atomic E-state index is 11.6. The summed E-state index contributed by atoms with van der Waals surface area (Å²) >= 11 is 0. The van der Waals surface area contributed by atoms with E-state index in [-0.39, 0.29) is 5.91 Å². The van der Waals surface area contributed by atoms with Crippen molar-refractivity contribution in [2.45, 2.75) is 39.2 Å². The maximum Gasteiger partial charge on any atom is 0.221 e. The summed E-state index contributed by atoms with van der Waals surface area (Å²) in [6.45, 7) is 9.37. The lowest BCUT2D eigenvalue weighted by Crippen LogP contribution is -2.36. The second-order valence-electron chi connectivity index (χ2n) is 4.57. The van der Waals surface area contributed by atoms with Crippen molar-refractivity contribution < 1.29 is 4.79 Å². The van der Waals surface area contributed by atoms with Gasteiger partial charge in [0.15, 0.2) is 0 Å². The van der Waals surface area contributed by atoms with Crippen LogP contribution in [-0.4, -0.2) is 49.6 Å². The average Bonchev–Trinajstić information content (AvgIpc) is 2.54. The van der Waals surface area contributed by atoms with Gasteiger partial charge in [-0.1, -0.05) is 6.92 Å². The van der Waals surface area contributed by atoms with Gasteiger partial charge < -0.3 is 15.5 Å². The zero-order valence-electron chi connectivity index (χ0n) is 10.6. The lowest BCUT2D eigenvalue weighted by Gasteiger charge is -2.19. The largest absolute Gasteiger partial charge is 0.354 e. The highest BCUT2D eigenvalue weighted by Crippen LogP contribution is 1.97. The number of hydrogen-bond acceptors (Lipinski definition) is 3. The maximum absolute atomic E-state index is 11.6. The van der Waals surface area contributed by atoms with Gasteiger partial charge in [0.1, 0.15) is 0 Å². The minimum atomic E-state index is 0.187. The van der Waals surface area contributed by atoms with E-state index in [0.29, 0.717) is 12.5 Å². The van der Waals surface area contributed by atoms with Gasteiger partial charge in [-0.05, 0) is 32.9 Å². The third-order valence-electron chi connectivity index (χ3n) is 3.11. The SMILES string of the molecule is CCC(C)NC(=O)CCN1CCCNCC1. The zero-order valence-corrected chi connectivity index (χ0v) is 10.6. The predicted molar refractivity (Wildman–Crippen MR) is 66.4 cm³/mol. The standard InChI is InChI=1S/C12H25N3O/c1-3-11(2)14-12(16)5-9-15-8-4-6-13-7-10-15/h11,13H,3-10H2,1-2H3,(H,14,16). The van der Waals surface area contributed by atoms with Gasteiger partial charge >= 0.3 is 0 Å². The molecule has 0 bridgehead atoms. The normalized spacial score (nSPS) is 20.1. The van der Waals surface area contributed by atoms with Crippen molar-refractivity contribution in [2.24, 2.45) is 0 Å². The van der Waals surface area contributed by atoms with Crippen LogP contribution < -0.4 is 10.6 Å². The van der Waals surface area contributed by atoms with Crippen LogP contribution in [0.3, 0.4) is 0 Å². The molecule has 1 unspecified atom stereocenters. The summed E-state index contributed by atoms with van der Waals surface area (Å²) in [5, 5.41) is 6.37. The highest BCUT2D eigenvalue weighted by molar-refractivity contribution is 5.76. The molecular weight excluding hydrogens is 202 g/mol. The van der Waals surface area contributed by atoms with Crippen molar-refractivity contribution in [1.29, 1.82) is 0 Å². The summed E-state index contributed by atoms with van der Waals surface area (Å²) in [5.41, 5.74) is 0. The Bertz CT molecular complexity index is 200. The van der Waals surface area contributed by atoms with Crippen molar-refractivity contribution >= 4 is 5.91 Å². The molecule has 4 heteroatoms. The number of carbonyl (C=O) groups excluding carboxylic acids is 1. The molecule has 94 valence electrons. The number of nitrogens with one attached hydrogen (secondary N) is 2. The molecule has 0 aromatic heterocycles. The van der Waals surface area contributed by atoms with Crippen LogP contribution in [0, 0.1) is 0 Å². The molecule has 1 heterocycles. The van der Waals surface area contributed by atoms with Crippen LogP contribution >= 0.6 is 0 Å². The van der Waals surface area contributed by atoms with Crippen molar-refractivity contribution in [3.05, 3.63) is 0 Å². The van der Waals surface area contributed by atoms with Crippen LogP contribution in [0.2, 0.25) is 0 Å². The topological polar surface area (TPSA) is 44.4 Å². The fourth-order valence-electron chi connectivity index (χ4n) is 1.83. The van der Waals surface area contributed by atoms with Crippen molar-refractivity contribution in [3.63, 3.8) is 0 Å². The molecule has 16 heavy (non-hydrogen) atoms. The smallest absolute Gasteiger partial charge is 0.221 e. The number of nitrogens with zero attached hydrogens (tertiary/aromatic N) is 1. The zero-order chi connectivity index (χ0) is 11.8. The van der Waals surface area contributed by atoms with Crippen LogP contribution in [-0.2, 0) is 4.79 Å². The van der Waals surface area contributed by atoms with Gasteiger partial charge in [0.05, 0.1) is 0 Å². The van der Waals surface area contributed by atoms with E-state index >= 15 is 0 Å². The summed E-state index contributed by atoms with van der Waals surface area (Å²) < 4.78 is 0. The number of carbonyl (C=O) groups is 1. The van der Waals surface area contributed by atoms with Gasteiger partial charge in [-0.3, -0.25) is 4.79 Å². The first-order valence-corrected chi connectivity index (χ1v) is 6.44. The molecule has 2 N–H and O–H groups in total. The van der Waals surface area contributed by atoms with E-state index in [2.05, 4.69) is 22.5 Å². The van der Waals surface area contributed by atoms with Gasteiger partial charge in [0, 0.05) is 32.1 Å². The Balaban J connectivity index is 2.14. The van der Waals surface area contributed by atoms with E-state index in [1.165, 1.54) is 6.42 Å². The van der Waals surface area contributed by atoms with Crippen LogP contribution in [0.1, 0.15) is 33.1 Å². The van der Waals surface area contributed by atoms with Crippen LogP contribution in [0.15, 0.2) is 0 Å². The van der Waals surface area contributed by atoms with Gasteiger partial charge in [-0.2, -0.15) is 0 Å². The molecule has 1 aliphatic rings. The van der Waals surface area contributed by atoms with E-state index < -0.39 is 0 Å². The number of rotatable bonds is 5. The monoisotopic (exact) mass is 227 g/mol. The molecule has 1 saturated heterocycles. The molecule has 0 aliphatic carbocycles. The lowest BCUT2D eigenvalue weighted by molar-refractivity contribution is -0.122. The summed E-state index contributed by atoms with van der Waals surface area (Å²) in [6.07, 6.45) is 2.82. The molecule has 1 aliphatic heterocycles. The number of amides is 1. The van der Waals surface area contributed by atoms with E-state index in [0.717, 1.165) is 39.1 Å². The second-order valence-corrected chi connectivity index (χ2v) is 4.57. The molecule has 4 nitrogen and oxygen atoms in total. The summed E-state index contributed by atoms with van der Waals surface area (Å²) in [7, 11) is 0. The Labute approximate surface area is 98.8 Å². The minimum Gasteiger partial charge on any atom is -0.354 e. The predicted octanol–water partition coefficient (Wildman–Crippen LogP) is 0.587. The first-order valence-electron chi connectivity index (χ1n) is 6.44. The Hall–Kier alpha value is -0.610. The summed E-state index contributed by atoms with van der Waals surface area (Å²) in [6, 6.07) is 0.304. The van der Waals surface area contributed by atoms with Gasteiger partial charge in [-0.15, -0.1) is 0 Å². The third-order valence-corrected chi connectivity index (χ3v) is 3.11. The van der Waals surface area contributed by atoms with Crippen molar-refractivity contribution in [1.82, 2.24) is 15.5 Å².